The number of esters is 1. The van der Waals surface area contributed by atoms with Crippen LogP contribution in [0, 0.1) is 0 Å². The smallest absolute Gasteiger partial charge is 0.335 e. The summed E-state index contributed by atoms with van der Waals surface area (Å²) >= 11 is 0. The van der Waals surface area contributed by atoms with Gasteiger partial charge in [0.25, 0.3) is 0 Å². The molecule has 0 saturated heterocycles. The van der Waals surface area contributed by atoms with Crippen molar-refractivity contribution in [2.45, 2.75) is 45.4 Å². The molecule has 0 amide bonds. The number of carbonyl (C=O) groups is 2. The van der Waals surface area contributed by atoms with Gasteiger partial charge in [-0.3, -0.25) is 4.79 Å². The molecule has 0 aromatic heterocycles. The Morgan fingerprint density at radius 3 is 2.26 bits per heavy atom. The number of hydrogen-bond acceptors (Lipinski definition) is 3. The minimum absolute atomic E-state index is 0.180. The van der Waals surface area contributed by atoms with Crippen LogP contribution in [0.15, 0.2) is 24.3 Å². The molecule has 0 spiro atoms. The maximum absolute atomic E-state index is 11.5. The van der Waals surface area contributed by atoms with Crippen molar-refractivity contribution in [2.24, 2.45) is 0 Å². The van der Waals surface area contributed by atoms with E-state index in [2.05, 4.69) is 6.92 Å². The Hall–Kier alpha value is -1.84. The Balaban J connectivity index is 2.30. The summed E-state index contributed by atoms with van der Waals surface area (Å²) in [4.78, 5) is 22.2. The van der Waals surface area contributed by atoms with E-state index in [4.69, 9.17) is 9.84 Å². The van der Waals surface area contributed by atoms with Gasteiger partial charge in [-0.2, -0.15) is 0 Å². The molecule has 1 aromatic rings. The third-order valence-corrected chi connectivity index (χ3v) is 2.82. The first-order chi connectivity index (χ1) is 9.13. The highest BCUT2D eigenvalue weighted by Crippen LogP contribution is 2.14. The van der Waals surface area contributed by atoms with E-state index >= 15 is 0 Å². The molecule has 1 aromatic carbocycles. The second-order valence-corrected chi connectivity index (χ2v) is 4.47. The van der Waals surface area contributed by atoms with Gasteiger partial charge in [-0.1, -0.05) is 32.6 Å². The molecule has 0 aliphatic heterocycles. The molecular formula is C15H20O4. The molecular weight excluding hydrogens is 244 g/mol. The number of hydrogen-bond donors (Lipinski definition) is 1. The lowest BCUT2D eigenvalue weighted by Gasteiger charge is -2.04. The van der Waals surface area contributed by atoms with Crippen LogP contribution in [0.2, 0.25) is 0 Å². The molecule has 0 fully saturated rings. The lowest BCUT2D eigenvalue weighted by Crippen LogP contribution is -2.07. The van der Waals surface area contributed by atoms with E-state index in [1.54, 1.807) is 0 Å². The summed E-state index contributed by atoms with van der Waals surface area (Å²) in [6.45, 7) is 2.15. The number of unbranched alkanes of at least 4 members (excludes halogenated alkanes) is 4. The molecule has 1 rings (SSSR count). The number of aromatic carboxylic acids is 1. The van der Waals surface area contributed by atoms with E-state index in [0.29, 0.717) is 12.2 Å². The van der Waals surface area contributed by atoms with Crippen molar-refractivity contribution in [3.8, 4) is 5.75 Å². The molecule has 1 N–H and O–H groups in total. The Morgan fingerprint density at radius 2 is 1.68 bits per heavy atom. The lowest BCUT2D eigenvalue weighted by molar-refractivity contribution is -0.134. The lowest BCUT2D eigenvalue weighted by atomic mass is 10.1. The van der Waals surface area contributed by atoms with Gasteiger partial charge in [0.2, 0.25) is 0 Å². The molecule has 0 radical (unpaired) electrons. The van der Waals surface area contributed by atoms with E-state index in [0.717, 1.165) is 19.3 Å². The van der Waals surface area contributed by atoms with Crippen molar-refractivity contribution in [2.75, 3.05) is 0 Å². The van der Waals surface area contributed by atoms with Crippen LogP contribution in [0.25, 0.3) is 0 Å². The van der Waals surface area contributed by atoms with E-state index in [1.807, 2.05) is 0 Å². The summed E-state index contributed by atoms with van der Waals surface area (Å²) in [5.74, 6) is -0.864. The van der Waals surface area contributed by atoms with Gasteiger partial charge in [-0.05, 0) is 30.7 Å². The summed E-state index contributed by atoms with van der Waals surface area (Å²) in [5.41, 5.74) is 0.180. The highest BCUT2D eigenvalue weighted by molar-refractivity contribution is 5.87. The molecule has 0 aliphatic rings. The monoisotopic (exact) mass is 264 g/mol. The van der Waals surface area contributed by atoms with Gasteiger partial charge in [0.05, 0.1) is 5.56 Å². The normalized spacial score (nSPS) is 10.2. The van der Waals surface area contributed by atoms with Gasteiger partial charge in [0.15, 0.2) is 0 Å². The van der Waals surface area contributed by atoms with Gasteiger partial charge in [0, 0.05) is 6.42 Å². The summed E-state index contributed by atoms with van der Waals surface area (Å²) in [5, 5.41) is 8.74. The van der Waals surface area contributed by atoms with E-state index < -0.39 is 5.97 Å². The number of benzene rings is 1. The Kier molecular flexibility index (Phi) is 6.64. The Morgan fingerprint density at radius 1 is 1.05 bits per heavy atom. The number of rotatable bonds is 8. The number of carboxylic acid groups (broad SMARTS) is 1. The van der Waals surface area contributed by atoms with Crippen LogP contribution in [0.1, 0.15) is 55.8 Å². The molecule has 4 nitrogen and oxygen atoms in total. The van der Waals surface area contributed by atoms with Gasteiger partial charge >= 0.3 is 11.9 Å². The quantitative estimate of drug-likeness (QED) is 0.442. The van der Waals surface area contributed by atoms with Crippen LogP contribution in [0.3, 0.4) is 0 Å². The van der Waals surface area contributed by atoms with Crippen LogP contribution in [0.4, 0.5) is 0 Å². The summed E-state index contributed by atoms with van der Waals surface area (Å²) in [6, 6.07) is 5.84. The fraction of sp³-hybridized carbons (Fsp3) is 0.467. The predicted molar refractivity (Wildman–Crippen MR) is 72.4 cm³/mol. The van der Waals surface area contributed by atoms with Crippen molar-refractivity contribution >= 4 is 11.9 Å². The summed E-state index contributed by atoms with van der Waals surface area (Å²) in [6.07, 6.45) is 5.82. The predicted octanol–water partition coefficient (Wildman–Crippen LogP) is 3.65. The Labute approximate surface area is 113 Å². The second-order valence-electron chi connectivity index (χ2n) is 4.47. The maximum atomic E-state index is 11.5. The largest absolute Gasteiger partial charge is 0.478 e. The standard InChI is InChI=1S/C15H20O4/c1-2-3-4-5-6-7-14(16)19-13-10-8-12(9-11-13)15(17)18/h8-11H,2-7H2,1H3,(H,17,18). The minimum Gasteiger partial charge on any atom is -0.478 e. The maximum Gasteiger partial charge on any atom is 0.335 e. The highest BCUT2D eigenvalue weighted by Gasteiger charge is 2.06. The number of carbonyl (C=O) groups excluding carboxylic acids is 1. The molecule has 0 bridgehead atoms. The SMILES string of the molecule is CCCCCCCC(=O)Oc1ccc(C(=O)O)cc1. The van der Waals surface area contributed by atoms with Crippen LogP contribution in [-0.2, 0) is 4.79 Å². The average molecular weight is 264 g/mol. The third-order valence-electron chi connectivity index (χ3n) is 2.82. The molecule has 0 atom stereocenters. The molecule has 19 heavy (non-hydrogen) atoms. The zero-order valence-corrected chi connectivity index (χ0v) is 11.2. The molecule has 4 heteroatoms. The van der Waals surface area contributed by atoms with Crippen molar-refractivity contribution < 1.29 is 19.4 Å². The van der Waals surface area contributed by atoms with E-state index in [1.165, 1.54) is 37.1 Å². The van der Waals surface area contributed by atoms with Gasteiger partial charge in [-0.15, -0.1) is 0 Å². The number of ether oxygens (including phenoxy) is 1. The molecule has 0 unspecified atom stereocenters. The summed E-state index contributed by atoms with van der Waals surface area (Å²) < 4.78 is 5.12. The first-order valence-corrected chi connectivity index (χ1v) is 6.67. The topological polar surface area (TPSA) is 63.6 Å². The fourth-order valence-electron chi connectivity index (χ4n) is 1.72. The van der Waals surface area contributed by atoms with Crippen molar-refractivity contribution in [3.63, 3.8) is 0 Å². The van der Waals surface area contributed by atoms with Crippen LogP contribution in [0.5, 0.6) is 5.75 Å². The second kappa shape index (κ2) is 8.29. The van der Waals surface area contributed by atoms with E-state index in [-0.39, 0.29) is 11.5 Å². The zero-order chi connectivity index (χ0) is 14.1. The number of carboxylic acids is 1. The molecule has 0 aliphatic carbocycles. The Bertz CT molecular complexity index is 409. The molecule has 104 valence electrons. The molecule has 0 heterocycles. The summed E-state index contributed by atoms with van der Waals surface area (Å²) in [7, 11) is 0. The van der Waals surface area contributed by atoms with Crippen LogP contribution < -0.4 is 4.74 Å². The average Bonchev–Trinajstić information content (AvgIpc) is 2.39. The first kappa shape index (κ1) is 15.2. The van der Waals surface area contributed by atoms with E-state index in [9.17, 15) is 9.59 Å². The molecule has 0 saturated carbocycles. The van der Waals surface area contributed by atoms with Gasteiger partial charge in [-0.25, -0.2) is 4.79 Å². The zero-order valence-electron chi connectivity index (χ0n) is 11.2. The van der Waals surface area contributed by atoms with Crippen molar-refractivity contribution in [3.05, 3.63) is 29.8 Å². The fourth-order valence-corrected chi connectivity index (χ4v) is 1.72. The van der Waals surface area contributed by atoms with Crippen molar-refractivity contribution in [1.82, 2.24) is 0 Å². The van der Waals surface area contributed by atoms with Gasteiger partial charge < -0.3 is 9.84 Å². The first-order valence-electron chi connectivity index (χ1n) is 6.67. The minimum atomic E-state index is -0.992. The van der Waals surface area contributed by atoms with Gasteiger partial charge in [0.1, 0.15) is 5.75 Å². The van der Waals surface area contributed by atoms with Crippen LogP contribution in [-0.4, -0.2) is 17.0 Å². The van der Waals surface area contributed by atoms with Crippen molar-refractivity contribution in [1.29, 1.82) is 0 Å². The third kappa shape index (κ3) is 6.04. The highest BCUT2D eigenvalue weighted by atomic mass is 16.5. The van der Waals surface area contributed by atoms with Crippen LogP contribution >= 0.6 is 0 Å².